The third kappa shape index (κ3) is 4.63. The minimum atomic E-state index is -0.635. The van der Waals surface area contributed by atoms with E-state index in [2.05, 4.69) is 19.2 Å². The summed E-state index contributed by atoms with van der Waals surface area (Å²) in [6.45, 7) is 5.88. The molecular formula is C18H19Cl2NO2. The first-order valence-electron chi connectivity index (χ1n) is 7.40. The maximum Gasteiger partial charge on any atom is 0.265 e. The van der Waals surface area contributed by atoms with Gasteiger partial charge in [-0.15, -0.1) is 0 Å². The van der Waals surface area contributed by atoms with Crippen LogP contribution in [-0.2, 0) is 4.79 Å². The molecule has 0 unspecified atom stereocenters. The molecular weight excluding hydrogens is 333 g/mol. The summed E-state index contributed by atoms with van der Waals surface area (Å²) >= 11 is 11.8. The normalized spacial score (nSPS) is 12.1. The van der Waals surface area contributed by atoms with E-state index in [0.29, 0.717) is 21.7 Å². The van der Waals surface area contributed by atoms with Crippen molar-refractivity contribution in [3.05, 3.63) is 58.1 Å². The summed E-state index contributed by atoms with van der Waals surface area (Å²) in [6, 6.07) is 12.7. The standard InChI is InChI=1S/C18H19Cl2NO2/c1-11(2)14-6-4-5-7-17(14)23-12(3)18(22)21-13-8-9-15(19)16(20)10-13/h4-12H,1-3H3,(H,21,22)/t12-/m1/s1. The SMILES string of the molecule is CC(C)c1ccccc1O[C@H](C)C(=O)Nc1ccc(Cl)c(Cl)c1. The highest BCUT2D eigenvalue weighted by molar-refractivity contribution is 6.42. The fraction of sp³-hybridized carbons (Fsp3) is 0.278. The monoisotopic (exact) mass is 351 g/mol. The van der Waals surface area contributed by atoms with Crippen molar-refractivity contribution in [1.82, 2.24) is 0 Å². The fourth-order valence-electron chi connectivity index (χ4n) is 2.13. The van der Waals surface area contributed by atoms with Gasteiger partial charge >= 0.3 is 0 Å². The number of hydrogen-bond acceptors (Lipinski definition) is 2. The topological polar surface area (TPSA) is 38.3 Å². The molecule has 1 amide bonds. The molecule has 0 radical (unpaired) electrons. The van der Waals surface area contributed by atoms with E-state index in [9.17, 15) is 4.79 Å². The first kappa shape index (κ1) is 17.6. The van der Waals surface area contributed by atoms with Gasteiger partial charge in [0.05, 0.1) is 10.0 Å². The van der Waals surface area contributed by atoms with Crippen LogP contribution in [0, 0.1) is 0 Å². The van der Waals surface area contributed by atoms with Gasteiger partial charge in [0.2, 0.25) is 0 Å². The zero-order chi connectivity index (χ0) is 17.0. The summed E-state index contributed by atoms with van der Waals surface area (Å²) in [5, 5.41) is 3.61. The van der Waals surface area contributed by atoms with Crippen molar-refractivity contribution >= 4 is 34.8 Å². The van der Waals surface area contributed by atoms with Crippen molar-refractivity contribution in [1.29, 1.82) is 0 Å². The summed E-state index contributed by atoms with van der Waals surface area (Å²) in [7, 11) is 0. The number of halogens is 2. The Morgan fingerprint density at radius 2 is 1.74 bits per heavy atom. The average Bonchev–Trinajstić information content (AvgIpc) is 2.51. The van der Waals surface area contributed by atoms with Crippen molar-refractivity contribution in [3.8, 4) is 5.75 Å². The van der Waals surface area contributed by atoms with Crippen LogP contribution in [0.25, 0.3) is 0 Å². The zero-order valence-electron chi connectivity index (χ0n) is 13.3. The highest BCUT2D eigenvalue weighted by Crippen LogP contribution is 2.27. The molecule has 0 bridgehead atoms. The number of hydrogen-bond donors (Lipinski definition) is 1. The van der Waals surface area contributed by atoms with Gasteiger partial charge in [0, 0.05) is 5.69 Å². The van der Waals surface area contributed by atoms with Gasteiger partial charge in [-0.1, -0.05) is 55.2 Å². The van der Waals surface area contributed by atoms with E-state index in [1.54, 1.807) is 25.1 Å². The van der Waals surface area contributed by atoms with Gasteiger partial charge in [-0.25, -0.2) is 0 Å². The van der Waals surface area contributed by atoms with E-state index in [0.717, 1.165) is 11.3 Å². The van der Waals surface area contributed by atoms with Crippen LogP contribution in [0.1, 0.15) is 32.3 Å². The van der Waals surface area contributed by atoms with Crippen molar-refractivity contribution in [2.45, 2.75) is 32.8 Å². The predicted molar refractivity (Wildman–Crippen MR) is 95.7 cm³/mol. The Balaban J connectivity index is 2.07. The third-order valence-corrected chi connectivity index (χ3v) is 4.14. The second-order valence-electron chi connectivity index (χ2n) is 5.57. The summed E-state index contributed by atoms with van der Waals surface area (Å²) < 4.78 is 5.82. The van der Waals surface area contributed by atoms with Crippen LogP contribution in [0.2, 0.25) is 10.0 Å². The molecule has 23 heavy (non-hydrogen) atoms. The third-order valence-electron chi connectivity index (χ3n) is 3.40. The molecule has 0 saturated heterocycles. The molecule has 2 aromatic rings. The highest BCUT2D eigenvalue weighted by atomic mass is 35.5. The van der Waals surface area contributed by atoms with Crippen LogP contribution in [0.3, 0.4) is 0 Å². The number of rotatable bonds is 5. The predicted octanol–water partition coefficient (Wildman–Crippen LogP) is 5.52. The number of para-hydroxylation sites is 1. The molecule has 0 spiro atoms. The van der Waals surface area contributed by atoms with Gasteiger partial charge in [-0.3, -0.25) is 4.79 Å². The first-order chi connectivity index (χ1) is 10.9. The second kappa shape index (κ2) is 7.71. The van der Waals surface area contributed by atoms with Gasteiger partial charge in [-0.2, -0.15) is 0 Å². The Morgan fingerprint density at radius 3 is 2.39 bits per heavy atom. The quantitative estimate of drug-likeness (QED) is 0.769. The van der Waals surface area contributed by atoms with E-state index in [1.807, 2.05) is 24.3 Å². The molecule has 1 N–H and O–H groups in total. The smallest absolute Gasteiger partial charge is 0.265 e. The first-order valence-corrected chi connectivity index (χ1v) is 8.15. The Hall–Kier alpha value is -1.71. The zero-order valence-corrected chi connectivity index (χ0v) is 14.8. The Kier molecular flexibility index (Phi) is 5.91. The molecule has 122 valence electrons. The highest BCUT2D eigenvalue weighted by Gasteiger charge is 2.17. The summed E-state index contributed by atoms with van der Waals surface area (Å²) in [5.41, 5.74) is 1.65. The molecule has 0 heterocycles. The number of amides is 1. The van der Waals surface area contributed by atoms with E-state index in [1.165, 1.54) is 0 Å². The molecule has 0 saturated carbocycles. The number of anilines is 1. The average molecular weight is 352 g/mol. The number of carbonyl (C=O) groups is 1. The van der Waals surface area contributed by atoms with Crippen molar-refractivity contribution in [2.75, 3.05) is 5.32 Å². The Labute approximate surface area is 146 Å². The molecule has 0 aliphatic heterocycles. The summed E-state index contributed by atoms with van der Waals surface area (Å²) in [4.78, 5) is 12.3. The number of ether oxygens (including phenoxy) is 1. The van der Waals surface area contributed by atoms with Crippen molar-refractivity contribution in [2.24, 2.45) is 0 Å². The molecule has 2 aromatic carbocycles. The van der Waals surface area contributed by atoms with Crippen molar-refractivity contribution < 1.29 is 9.53 Å². The van der Waals surface area contributed by atoms with Gasteiger partial charge in [0.25, 0.3) is 5.91 Å². The fourth-order valence-corrected chi connectivity index (χ4v) is 2.42. The lowest BCUT2D eigenvalue weighted by Gasteiger charge is -2.18. The van der Waals surface area contributed by atoms with Crippen LogP contribution in [-0.4, -0.2) is 12.0 Å². The van der Waals surface area contributed by atoms with Crippen LogP contribution >= 0.6 is 23.2 Å². The van der Waals surface area contributed by atoms with Crippen LogP contribution in [0.15, 0.2) is 42.5 Å². The van der Waals surface area contributed by atoms with E-state index >= 15 is 0 Å². The molecule has 0 fully saturated rings. The van der Waals surface area contributed by atoms with E-state index in [-0.39, 0.29) is 5.91 Å². The lowest BCUT2D eigenvalue weighted by molar-refractivity contribution is -0.122. The Bertz CT molecular complexity index is 701. The minimum absolute atomic E-state index is 0.248. The second-order valence-corrected chi connectivity index (χ2v) is 6.39. The molecule has 3 nitrogen and oxygen atoms in total. The molecule has 5 heteroatoms. The molecule has 1 atom stereocenters. The van der Waals surface area contributed by atoms with Crippen LogP contribution < -0.4 is 10.1 Å². The number of nitrogens with one attached hydrogen (secondary N) is 1. The van der Waals surface area contributed by atoms with Crippen LogP contribution in [0.4, 0.5) is 5.69 Å². The molecule has 2 rings (SSSR count). The Morgan fingerprint density at radius 1 is 1.04 bits per heavy atom. The molecule has 0 aliphatic rings. The lowest BCUT2D eigenvalue weighted by Crippen LogP contribution is -2.30. The minimum Gasteiger partial charge on any atom is -0.481 e. The maximum atomic E-state index is 12.3. The summed E-state index contributed by atoms with van der Waals surface area (Å²) in [6.07, 6.45) is -0.635. The van der Waals surface area contributed by atoms with Gasteiger partial charge in [0.1, 0.15) is 5.75 Å². The van der Waals surface area contributed by atoms with Gasteiger partial charge in [-0.05, 0) is 42.7 Å². The summed E-state index contributed by atoms with van der Waals surface area (Å²) in [5.74, 6) is 0.790. The van der Waals surface area contributed by atoms with Gasteiger partial charge < -0.3 is 10.1 Å². The van der Waals surface area contributed by atoms with E-state index in [4.69, 9.17) is 27.9 Å². The molecule has 0 aliphatic carbocycles. The van der Waals surface area contributed by atoms with Gasteiger partial charge in [0.15, 0.2) is 6.10 Å². The molecule has 0 aromatic heterocycles. The van der Waals surface area contributed by atoms with Crippen molar-refractivity contribution in [3.63, 3.8) is 0 Å². The lowest BCUT2D eigenvalue weighted by atomic mass is 10.0. The van der Waals surface area contributed by atoms with E-state index < -0.39 is 6.10 Å². The largest absolute Gasteiger partial charge is 0.481 e. The van der Waals surface area contributed by atoms with Crippen LogP contribution in [0.5, 0.6) is 5.75 Å². The number of benzene rings is 2. The number of carbonyl (C=O) groups excluding carboxylic acids is 1. The maximum absolute atomic E-state index is 12.3.